The molecular formula is C11H20N2O. The summed E-state index contributed by atoms with van der Waals surface area (Å²) in [5.41, 5.74) is 5.54. The van der Waals surface area contributed by atoms with Crippen LogP contribution in [0.15, 0.2) is 0 Å². The van der Waals surface area contributed by atoms with Crippen LogP contribution in [-0.2, 0) is 4.79 Å². The van der Waals surface area contributed by atoms with Crippen LogP contribution >= 0.6 is 0 Å². The molecule has 3 fully saturated rings. The first kappa shape index (κ1) is 9.97. The van der Waals surface area contributed by atoms with Crippen molar-refractivity contribution in [1.82, 2.24) is 5.32 Å². The van der Waals surface area contributed by atoms with Gasteiger partial charge in [-0.3, -0.25) is 4.79 Å². The lowest BCUT2D eigenvalue weighted by molar-refractivity contribution is -0.123. The highest BCUT2D eigenvalue weighted by Crippen LogP contribution is 2.41. The summed E-state index contributed by atoms with van der Waals surface area (Å²) in [5, 5.41) is 3.09. The van der Waals surface area contributed by atoms with Crippen molar-refractivity contribution in [2.24, 2.45) is 17.6 Å². The van der Waals surface area contributed by atoms with Crippen LogP contribution in [0.4, 0.5) is 0 Å². The smallest absolute Gasteiger partial charge is 0.236 e. The number of rotatable bonds is 2. The Kier molecular flexibility index (Phi) is 2.77. The standard InChI is InChI=1S/C11H20N2O/c1-7(12)11(14)13-10-6-8-2-4-9(10)5-3-8/h7-10H,2-6,12H2,1H3,(H,13,14)/t7-,8?,9?,10?/m0/s1. The summed E-state index contributed by atoms with van der Waals surface area (Å²) in [6, 6.07) is 0.0523. The molecular weight excluding hydrogens is 176 g/mol. The molecule has 0 saturated heterocycles. The highest BCUT2D eigenvalue weighted by atomic mass is 16.2. The molecule has 0 radical (unpaired) electrons. The Balaban J connectivity index is 1.90. The van der Waals surface area contributed by atoms with Gasteiger partial charge in [0.1, 0.15) is 0 Å². The Morgan fingerprint density at radius 3 is 2.43 bits per heavy atom. The highest BCUT2D eigenvalue weighted by molar-refractivity contribution is 5.81. The van der Waals surface area contributed by atoms with E-state index in [1.54, 1.807) is 6.92 Å². The molecule has 0 heterocycles. The van der Waals surface area contributed by atoms with Crippen molar-refractivity contribution in [1.29, 1.82) is 0 Å². The minimum atomic E-state index is -0.365. The Morgan fingerprint density at radius 1 is 1.36 bits per heavy atom. The van der Waals surface area contributed by atoms with E-state index in [2.05, 4.69) is 5.32 Å². The third-order valence-electron chi connectivity index (χ3n) is 3.79. The van der Waals surface area contributed by atoms with E-state index in [4.69, 9.17) is 5.73 Å². The van der Waals surface area contributed by atoms with Gasteiger partial charge in [-0.2, -0.15) is 0 Å². The lowest BCUT2D eigenvalue weighted by atomic mass is 9.68. The normalized spacial score (nSPS) is 38.0. The predicted molar refractivity (Wildman–Crippen MR) is 55.6 cm³/mol. The van der Waals surface area contributed by atoms with Gasteiger partial charge in [-0.1, -0.05) is 12.8 Å². The first-order valence-corrected chi connectivity index (χ1v) is 5.72. The quantitative estimate of drug-likeness (QED) is 0.693. The van der Waals surface area contributed by atoms with Crippen LogP contribution in [0.3, 0.4) is 0 Å². The van der Waals surface area contributed by atoms with E-state index in [0.717, 1.165) is 11.8 Å². The summed E-state index contributed by atoms with van der Waals surface area (Å²) < 4.78 is 0. The lowest BCUT2D eigenvalue weighted by Crippen LogP contribution is -2.51. The number of carbonyl (C=O) groups is 1. The van der Waals surface area contributed by atoms with Crippen LogP contribution in [0.25, 0.3) is 0 Å². The minimum Gasteiger partial charge on any atom is -0.352 e. The molecule has 1 unspecified atom stereocenters. The van der Waals surface area contributed by atoms with Gasteiger partial charge in [0.25, 0.3) is 0 Å². The first-order chi connectivity index (χ1) is 6.66. The molecule has 0 aliphatic heterocycles. The van der Waals surface area contributed by atoms with Gasteiger partial charge in [0.15, 0.2) is 0 Å². The molecule has 3 heteroatoms. The van der Waals surface area contributed by atoms with E-state index >= 15 is 0 Å². The molecule has 2 bridgehead atoms. The number of hydrogen-bond donors (Lipinski definition) is 2. The molecule has 3 aliphatic rings. The maximum absolute atomic E-state index is 11.5. The van der Waals surface area contributed by atoms with Crippen molar-refractivity contribution < 1.29 is 4.79 Å². The maximum Gasteiger partial charge on any atom is 0.236 e. The number of carbonyl (C=O) groups excluding carboxylic acids is 1. The molecule has 0 aromatic rings. The van der Waals surface area contributed by atoms with Crippen LogP contribution in [0.2, 0.25) is 0 Å². The molecule has 0 spiro atoms. The van der Waals surface area contributed by atoms with E-state index in [1.165, 1.54) is 32.1 Å². The highest BCUT2D eigenvalue weighted by Gasteiger charge is 2.36. The summed E-state index contributed by atoms with van der Waals surface area (Å²) in [6.45, 7) is 1.75. The molecule has 2 atom stereocenters. The van der Waals surface area contributed by atoms with E-state index < -0.39 is 0 Å². The van der Waals surface area contributed by atoms with Crippen LogP contribution in [0.1, 0.15) is 39.0 Å². The maximum atomic E-state index is 11.5. The fourth-order valence-corrected chi connectivity index (χ4v) is 2.87. The SMILES string of the molecule is C[C@H](N)C(=O)NC1CC2CCC1CC2. The number of amides is 1. The summed E-state index contributed by atoms with van der Waals surface area (Å²) in [7, 11) is 0. The summed E-state index contributed by atoms with van der Waals surface area (Å²) in [4.78, 5) is 11.5. The molecule has 80 valence electrons. The average Bonchev–Trinajstić information content (AvgIpc) is 2.19. The van der Waals surface area contributed by atoms with Gasteiger partial charge in [0.2, 0.25) is 5.91 Å². The third kappa shape index (κ3) is 1.92. The van der Waals surface area contributed by atoms with Crippen molar-refractivity contribution in [3.8, 4) is 0 Å². The fraction of sp³-hybridized carbons (Fsp3) is 0.909. The zero-order chi connectivity index (χ0) is 10.1. The average molecular weight is 196 g/mol. The summed E-state index contributed by atoms with van der Waals surface area (Å²) in [6.07, 6.45) is 6.52. The van der Waals surface area contributed by atoms with E-state index in [9.17, 15) is 4.79 Å². The van der Waals surface area contributed by atoms with Crippen LogP contribution in [0, 0.1) is 11.8 Å². The van der Waals surface area contributed by atoms with Gasteiger partial charge in [-0.05, 0) is 38.0 Å². The molecule has 3 aliphatic carbocycles. The van der Waals surface area contributed by atoms with Crippen LogP contribution in [0.5, 0.6) is 0 Å². The van der Waals surface area contributed by atoms with Gasteiger partial charge < -0.3 is 11.1 Å². The summed E-state index contributed by atoms with van der Waals surface area (Å²) in [5.74, 6) is 1.60. The summed E-state index contributed by atoms with van der Waals surface area (Å²) >= 11 is 0. The second kappa shape index (κ2) is 3.89. The van der Waals surface area contributed by atoms with Crippen molar-refractivity contribution in [2.75, 3.05) is 0 Å². The molecule has 3 N–H and O–H groups in total. The number of hydrogen-bond acceptors (Lipinski definition) is 2. The molecule has 14 heavy (non-hydrogen) atoms. The topological polar surface area (TPSA) is 55.1 Å². The van der Waals surface area contributed by atoms with Gasteiger partial charge >= 0.3 is 0 Å². The number of fused-ring (bicyclic) bond motifs is 3. The van der Waals surface area contributed by atoms with Gasteiger partial charge in [0.05, 0.1) is 6.04 Å². The van der Waals surface area contributed by atoms with E-state index in [0.29, 0.717) is 6.04 Å². The van der Waals surface area contributed by atoms with Gasteiger partial charge in [-0.25, -0.2) is 0 Å². The second-order valence-electron chi connectivity index (χ2n) is 4.92. The Labute approximate surface area is 85.4 Å². The first-order valence-electron chi connectivity index (χ1n) is 5.72. The van der Waals surface area contributed by atoms with Gasteiger partial charge in [-0.15, -0.1) is 0 Å². The fourth-order valence-electron chi connectivity index (χ4n) is 2.87. The predicted octanol–water partition coefficient (Wildman–Crippen LogP) is 1.03. The van der Waals surface area contributed by atoms with Crippen molar-refractivity contribution in [3.05, 3.63) is 0 Å². The second-order valence-corrected chi connectivity index (χ2v) is 4.92. The molecule has 3 saturated carbocycles. The van der Waals surface area contributed by atoms with Crippen LogP contribution < -0.4 is 11.1 Å². The van der Waals surface area contributed by atoms with Gasteiger partial charge in [0, 0.05) is 6.04 Å². The lowest BCUT2D eigenvalue weighted by Gasteiger charge is -2.42. The van der Waals surface area contributed by atoms with E-state index in [1.807, 2.05) is 0 Å². The Bertz CT molecular complexity index is 219. The molecule has 3 rings (SSSR count). The molecule has 1 amide bonds. The largest absolute Gasteiger partial charge is 0.352 e. The van der Waals surface area contributed by atoms with Crippen molar-refractivity contribution in [2.45, 2.75) is 51.1 Å². The Morgan fingerprint density at radius 2 is 2.00 bits per heavy atom. The molecule has 3 nitrogen and oxygen atoms in total. The van der Waals surface area contributed by atoms with Crippen molar-refractivity contribution in [3.63, 3.8) is 0 Å². The zero-order valence-electron chi connectivity index (χ0n) is 8.83. The van der Waals surface area contributed by atoms with Crippen LogP contribution in [-0.4, -0.2) is 18.0 Å². The molecule has 0 aromatic heterocycles. The zero-order valence-corrected chi connectivity index (χ0v) is 8.83. The van der Waals surface area contributed by atoms with E-state index in [-0.39, 0.29) is 11.9 Å². The number of nitrogens with two attached hydrogens (primary N) is 1. The van der Waals surface area contributed by atoms with Crippen molar-refractivity contribution >= 4 is 5.91 Å². The monoisotopic (exact) mass is 196 g/mol. The molecule has 0 aromatic carbocycles. The third-order valence-corrected chi connectivity index (χ3v) is 3.79. The Hall–Kier alpha value is -0.570. The number of nitrogens with one attached hydrogen (secondary N) is 1. The minimum absolute atomic E-state index is 0.0162.